The van der Waals surface area contributed by atoms with Crippen LogP contribution >= 0.6 is 23.2 Å². The van der Waals surface area contributed by atoms with Crippen molar-refractivity contribution in [1.82, 2.24) is 14.8 Å². The molecule has 0 spiro atoms. The van der Waals surface area contributed by atoms with Crippen LogP contribution in [0.1, 0.15) is 5.56 Å². The van der Waals surface area contributed by atoms with Crippen molar-refractivity contribution >= 4 is 45.8 Å². The van der Waals surface area contributed by atoms with E-state index in [-0.39, 0.29) is 12.4 Å². The van der Waals surface area contributed by atoms with Gasteiger partial charge in [0.25, 0.3) is 5.91 Å². The Morgan fingerprint density at radius 1 is 1.23 bits per heavy atom. The van der Waals surface area contributed by atoms with Crippen LogP contribution in [0.15, 0.2) is 58.3 Å². The minimum Gasteiger partial charge on any atom is -0.482 e. The van der Waals surface area contributed by atoms with Gasteiger partial charge in [0, 0.05) is 22.5 Å². The lowest BCUT2D eigenvalue weighted by molar-refractivity contribution is -0.118. The predicted molar refractivity (Wildman–Crippen MR) is 113 cm³/mol. The zero-order valence-electron chi connectivity index (χ0n) is 15.6. The van der Waals surface area contributed by atoms with Crippen molar-refractivity contribution in [2.45, 2.75) is 6.92 Å². The summed E-state index contributed by atoms with van der Waals surface area (Å²) in [6.45, 7) is 1.45. The summed E-state index contributed by atoms with van der Waals surface area (Å²) < 4.78 is 12.2. The van der Waals surface area contributed by atoms with Crippen molar-refractivity contribution in [1.29, 1.82) is 0 Å². The number of nitrogens with zero attached hydrogens (tertiary/aromatic N) is 3. The lowest BCUT2D eigenvalue weighted by atomic mass is 10.1. The number of aryl methyl sites for hydroxylation is 1. The van der Waals surface area contributed by atoms with E-state index < -0.39 is 11.5 Å². The van der Waals surface area contributed by atoms with Gasteiger partial charge in [-0.1, -0.05) is 23.2 Å². The number of aromatic nitrogens is 3. The number of amides is 1. The summed E-state index contributed by atoms with van der Waals surface area (Å²) in [6.07, 6.45) is 2.88. The molecule has 2 heterocycles. The topological polar surface area (TPSA) is 99.2 Å². The van der Waals surface area contributed by atoms with Gasteiger partial charge < -0.3 is 14.5 Å². The fourth-order valence-corrected chi connectivity index (χ4v) is 3.29. The van der Waals surface area contributed by atoms with Crippen LogP contribution < -0.4 is 15.7 Å². The Hall–Kier alpha value is -3.36. The lowest BCUT2D eigenvalue weighted by Gasteiger charge is -2.13. The Morgan fingerprint density at radius 3 is 2.83 bits per heavy atom. The average Bonchev–Trinajstić information content (AvgIpc) is 3.22. The van der Waals surface area contributed by atoms with E-state index in [0.29, 0.717) is 32.4 Å². The molecule has 0 bridgehead atoms. The normalized spacial score (nSPS) is 10.9. The Balaban J connectivity index is 1.53. The van der Waals surface area contributed by atoms with Gasteiger partial charge in [-0.3, -0.25) is 4.79 Å². The van der Waals surface area contributed by atoms with Crippen LogP contribution in [-0.4, -0.2) is 27.3 Å². The monoisotopic (exact) mass is 444 g/mol. The average molecular weight is 445 g/mol. The second-order valence-corrected chi connectivity index (χ2v) is 7.21. The number of hydrogen-bond donors (Lipinski definition) is 1. The van der Waals surface area contributed by atoms with Gasteiger partial charge in [0.15, 0.2) is 6.61 Å². The molecule has 2 aromatic heterocycles. The number of hydrogen-bond acceptors (Lipinski definition) is 6. The first-order chi connectivity index (χ1) is 14.4. The number of carbonyl (C=O) groups is 1. The summed E-state index contributed by atoms with van der Waals surface area (Å²) in [5.41, 5.74) is 1.60. The summed E-state index contributed by atoms with van der Waals surface area (Å²) in [5.74, 6) is -0.226. The van der Waals surface area contributed by atoms with Crippen LogP contribution in [0, 0.1) is 6.92 Å². The van der Waals surface area contributed by atoms with Crippen LogP contribution in [0.25, 0.3) is 16.7 Å². The molecule has 4 rings (SSSR count). The fraction of sp³-hybridized carbons (Fsp3) is 0.100. The van der Waals surface area contributed by atoms with E-state index in [4.69, 9.17) is 32.4 Å². The number of carbonyl (C=O) groups excluding carboxylic acids is 1. The zero-order valence-corrected chi connectivity index (χ0v) is 17.1. The third-order valence-electron chi connectivity index (χ3n) is 4.26. The molecule has 152 valence electrons. The summed E-state index contributed by atoms with van der Waals surface area (Å²) in [7, 11) is 0. The van der Waals surface area contributed by atoms with E-state index in [1.54, 1.807) is 31.2 Å². The Kier molecular flexibility index (Phi) is 5.43. The van der Waals surface area contributed by atoms with E-state index in [1.807, 2.05) is 0 Å². The number of ether oxygens (including phenoxy) is 1. The van der Waals surface area contributed by atoms with Gasteiger partial charge in [0.1, 0.15) is 24.0 Å². The van der Waals surface area contributed by atoms with Gasteiger partial charge in [-0.15, -0.1) is 0 Å². The molecule has 30 heavy (non-hydrogen) atoms. The molecule has 0 aliphatic rings. The number of nitrogens with one attached hydrogen (secondary N) is 1. The number of fused-ring (bicyclic) bond motifs is 1. The molecule has 0 fully saturated rings. The number of halogens is 2. The quantitative estimate of drug-likeness (QED) is 0.466. The molecule has 1 amide bonds. The highest BCUT2D eigenvalue weighted by Crippen LogP contribution is 2.31. The number of benzene rings is 2. The van der Waals surface area contributed by atoms with E-state index in [2.05, 4.69) is 15.4 Å². The SMILES string of the molecule is Cc1cc(=O)oc2cc(OCC(=O)Nc3cc(Cl)ccc3-n3cncn3)c(Cl)cc12. The van der Waals surface area contributed by atoms with Crippen LogP contribution in [-0.2, 0) is 4.79 Å². The first-order valence-corrected chi connectivity index (χ1v) is 9.47. The molecule has 0 unspecified atom stereocenters. The van der Waals surface area contributed by atoms with Crippen LogP contribution in [0.2, 0.25) is 10.0 Å². The molecular weight excluding hydrogens is 431 g/mol. The van der Waals surface area contributed by atoms with E-state index in [9.17, 15) is 9.59 Å². The maximum atomic E-state index is 12.5. The second-order valence-electron chi connectivity index (χ2n) is 6.37. The van der Waals surface area contributed by atoms with Crippen molar-refractivity contribution in [3.05, 3.63) is 75.1 Å². The largest absolute Gasteiger partial charge is 0.482 e. The molecule has 4 aromatic rings. The molecule has 0 aliphatic carbocycles. The summed E-state index contributed by atoms with van der Waals surface area (Å²) in [5, 5.41) is 8.21. The highest BCUT2D eigenvalue weighted by molar-refractivity contribution is 6.33. The first kappa shape index (κ1) is 19.9. The molecule has 0 atom stereocenters. The van der Waals surface area contributed by atoms with Crippen LogP contribution in [0.5, 0.6) is 5.75 Å². The number of anilines is 1. The number of rotatable bonds is 5. The predicted octanol–water partition coefficient (Wildman–Crippen LogP) is 4.01. The van der Waals surface area contributed by atoms with Crippen molar-refractivity contribution in [3.8, 4) is 11.4 Å². The minimum atomic E-state index is -0.479. The van der Waals surface area contributed by atoms with E-state index >= 15 is 0 Å². The van der Waals surface area contributed by atoms with Crippen molar-refractivity contribution in [3.63, 3.8) is 0 Å². The maximum Gasteiger partial charge on any atom is 0.336 e. The second kappa shape index (κ2) is 8.17. The van der Waals surface area contributed by atoms with Gasteiger partial charge in [-0.05, 0) is 36.8 Å². The third-order valence-corrected chi connectivity index (χ3v) is 4.79. The van der Waals surface area contributed by atoms with Gasteiger partial charge in [0.2, 0.25) is 0 Å². The summed E-state index contributed by atoms with van der Waals surface area (Å²) in [4.78, 5) is 28.0. The zero-order chi connectivity index (χ0) is 21.3. The Bertz CT molecular complexity index is 1300. The van der Waals surface area contributed by atoms with E-state index in [1.165, 1.54) is 29.5 Å². The minimum absolute atomic E-state index is 0.218. The molecule has 8 nitrogen and oxygen atoms in total. The van der Waals surface area contributed by atoms with E-state index in [0.717, 1.165) is 5.56 Å². The first-order valence-electron chi connectivity index (χ1n) is 8.72. The van der Waals surface area contributed by atoms with Crippen molar-refractivity contribution < 1.29 is 13.9 Å². The van der Waals surface area contributed by atoms with Gasteiger partial charge in [0.05, 0.1) is 16.4 Å². The van der Waals surface area contributed by atoms with Gasteiger partial charge >= 0.3 is 5.63 Å². The molecule has 0 saturated heterocycles. The molecule has 2 aromatic carbocycles. The van der Waals surface area contributed by atoms with Crippen LogP contribution in [0.4, 0.5) is 5.69 Å². The molecule has 0 saturated carbocycles. The lowest BCUT2D eigenvalue weighted by Crippen LogP contribution is -2.21. The molecular formula is C20H14Cl2N4O4. The fourth-order valence-electron chi connectivity index (χ4n) is 2.90. The Labute approximate surface area is 180 Å². The standard InChI is InChI=1S/C20H14Cl2N4O4/c1-11-4-20(28)30-17-7-18(14(22)6-13(11)17)29-8-19(27)25-15-5-12(21)2-3-16(15)26-10-23-9-24-26/h2-7,9-10H,8H2,1H3,(H,25,27). The van der Waals surface area contributed by atoms with Gasteiger partial charge in [-0.2, -0.15) is 5.10 Å². The van der Waals surface area contributed by atoms with Gasteiger partial charge in [-0.25, -0.2) is 14.5 Å². The van der Waals surface area contributed by atoms with Crippen molar-refractivity contribution in [2.75, 3.05) is 11.9 Å². The highest BCUT2D eigenvalue weighted by Gasteiger charge is 2.13. The molecule has 0 radical (unpaired) electrons. The van der Waals surface area contributed by atoms with Crippen molar-refractivity contribution in [2.24, 2.45) is 0 Å². The summed E-state index contributed by atoms with van der Waals surface area (Å²) >= 11 is 12.3. The smallest absolute Gasteiger partial charge is 0.336 e. The van der Waals surface area contributed by atoms with Crippen LogP contribution in [0.3, 0.4) is 0 Å². The molecule has 0 aliphatic heterocycles. The third kappa shape index (κ3) is 4.14. The molecule has 1 N–H and O–H groups in total. The highest BCUT2D eigenvalue weighted by atomic mass is 35.5. The molecule has 10 heteroatoms. The maximum absolute atomic E-state index is 12.5. The summed E-state index contributed by atoms with van der Waals surface area (Å²) in [6, 6.07) is 9.47. The Morgan fingerprint density at radius 2 is 2.07 bits per heavy atom.